The SMILES string of the molecule is CN(C)S(=O)(=O)c1ccccc1NC(=O)c1ccc2nccn2c1. The number of carbonyl (C=O) groups is 1. The second kappa shape index (κ2) is 6.06. The Hall–Kier alpha value is -2.71. The highest BCUT2D eigenvalue weighted by atomic mass is 32.2. The van der Waals surface area contributed by atoms with Crippen molar-refractivity contribution in [2.24, 2.45) is 0 Å². The van der Waals surface area contributed by atoms with E-state index in [2.05, 4.69) is 10.3 Å². The van der Waals surface area contributed by atoms with Crippen LogP contribution in [-0.4, -0.2) is 42.1 Å². The van der Waals surface area contributed by atoms with E-state index in [1.54, 1.807) is 53.3 Å². The quantitative estimate of drug-likeness (QED) is 0.783. The molecule has 0 saturated carbocycles. The van der Waals surface area contributed by atoms with E-state index in [1.807, 2.05) is 0 Å². The molecule has 1 amide bonds. The average molecular weight is 344 g/mol. The fourth-order valence-corrected chi connectivity index (χ4v) is 3.28. The zero-order valence-corrected chi connectivity index (χ0v) is 14.0. The van der Waals surface area contributed by atoms with E-state index in [0.29, 0.717) is 5.56 Å². The van der Waals surface area contributed by atoms with Crippen LogP contribution in [0.5, 0.6) is 0 Å². The molecule has 124 valence electrons. The number of nitrogens with one attached hydrogen (secondary N) is 1. The number of benzene rings is 1. The standard InChI is InChI=1S/C16H16N4O3S/c1-19(2)24(22,23)14-6-4-3-5-13(14)18-16(21)12-7-8-15-17-9-10-20(15)11-12/h3-11H,1-2H3,(H,18,21). The number of pyridine rings is 1. The van der Waals surface area contributed by atoms with E-state index in [0.717, 1.165) is 9.95 Å². The molecule has 3 aromatic rings. The minimum atomic E-state index is -3.66. The Labute approximate surface area is 139 Å². The first-order valence-electron chi connectivity index (χ1n) is 7.15. The third-order valence-electron chi connectivity index (χ3n) is 3.54. The number of carbonyl (C=O) groups excluding carboxylic acids is 1. The maximum Gasteiger partial charge on any atom is 0.257 e. The minimum Gasteiger partial charge on any atom is -0.321 e. The summed E-state index contributed by atoms with van der Waals surface area (Å²) >= 11 is 0. The summed E-state index contributed by atoms with van der Waals surface area (Å²) in [5, 5.41) is 2.67. The number of para-hydroxylation sites is 1. The largest absolute Gasteiger partial charge is 0.321 e. The lowest BCUT2D eigenvalue weighted by atomic mass is 10.2. The Morgan fingerprint density at radius 3 is 2.67 bits per heavy atom. The van der Waals surface area contributed by atoms with Gasteiger partial charge in [0.25, 0.3) is 5.91 Å². The van der Waals surface area contributed by atoms with Gasteiger partial charge in [0.2, 0.25) is 10.0 Å². The van der Waals surface area contributed by atoms with Gasteiger partial charge in [-0.15, -0.1) is 0 Å². The molecule has 0 aliphatic carbocycles. The number of imidazole rings is 1. The van der Waals surface area contributed by atoms with Gasteiger partial charge < -0.3 is 9.72 Å². The van der Waals surface area contributed by atoms with Crippen molar-refractivity contribution in [3.63, 3.8) is 0 Å². The number of rotatable bonds is 4. The van der Waals surface area contributed by atoms with Gasteiger partial charge in [-0.25, -0.2) is 17.7 Å². The molecule has 0 radical (unpaired) electrons. The topological polar surface area (TPSA) is 83.8 Å². The van der Waals surface area contributed by atoms with Crippen LogP contribution in [0.4, 0.5) is 5.69 Å². The summed E-state index contributed by atoms with van der Waals surface area (Å²) in [5.41, 5.74) is 1.36. The predicted octanol–water partition coefficient (Wildman–Crippen LogP) is 1.84. The second-order valence-corrected chi connectivity index (χ2v) is 7.47. The lowest BCUT2D eigenvalue weighted by Gasteiger charge is -2.15. The zero-order valence-electron chi connectivity index (χ0n) is 13.2. The molecule has 7 nitrogen and oxygen atoms in total. The van der Waals surface area contributed by atoms with Crippen LogP contribution in [0.3, 0.4) is 0 Å². The number of fused-ring (bicyclic) bond motifs is 1. The highest BCUT2D eigenvalue weighted by molar-refractivity contribution is 7.89. The summed E-state index contributed by atoms with van der Waals surface area (Å²) in [6.45, 7) is 0. The lowest BCUT2D eigenvalue weighted by Crippen LogP contribution is -2.24. The molecule has 1 aromatic carbocycles. The normalized spacial score (nSPS) is 11.8. The molecule has 0 bridgehead atoms. The number of sulfonamides is 1. The zero-order chi connectivity index (χ0) is 17.3. The van der Waals surface area contributed by atoms with Gasteiger partial charge in [-0.05, 0) is 24.3 Å². The Balaban J connectivity index is 1.95. The van der Waals surface area contributed by atoms with Crippen molar-refractivity contribution in [3.05, 3.63) is 60.6 Å². The van der Waals surface area contributed by atoms with Crippen molar-refractivity contribution in [2.75, 3.05) is 19.4 Å². The molecule has 0 saturated heterocycles. The Bertz CT molecular complexity index is 1010. The number of anilines is 1. The molecule has 2 aromatic heterocycles. The van der Waals surface area contributed by atoms with Crippen molar-refractivity contribution < 1.29 is 13.2 Å². The molecule has 0 atom stereocenters. The molecule has 0 aliphatic heterocycles. The number of hydrogen-bond acceptors (Lipinski definition) is 4. The van der Waals surface area contributed by atoms with Crippen molar-refractivity contribution in [3.8, 4) is 0 Å². The summed E-state index contributed by atoms with van der Waals surface area (Å²) < 4.78 is 27.6. The van der Waals surface area contributed by atoms with Gasteiger partial charge in [-0.3, -0.25) is 4.79 Å². The van der Waals surface area contributed by atoms with Gasteiger partial charge in [0, 0.05) is 32.7 Å². The number of hydrogen-bond donors (Lipinski definition) is 1. The predicted molar refractivity (Wildman–Crippen MR) is 90.5 cm³/mol. The average Bonchev–Trinajstić information content (AvgIpc) is 3.02. The van der Waals surface area contributed by atoms with E-state index in [1.165, 1.54) is 20.2 Å². The molecular weight excluding hydrogens is 328 g/mol. The van der Waals surface area contributed by atoms with E-state index < -0.39 is 15.9 Å². The summed E-state index contributed by atoms with van der Waals surface area (Å²) in [6.07, 6.45) is 5.01. The van der Waals surface area contributed by atoms with Crippen molar-refractivity contribution in [2.45, 2.75) is 4.90 Å². The van der Waals surface area contributed by atoms with E-state index >= 15 is 0 Å². The third kappa shape index (κ3) is 2.89. The van der Waals surface area contributed by atoms with Gasteiger partial charge in [0.15, 0.2) is 0 Å². The third-order valence-corrected chi connectivity index (χ3v) is 5.42. The van der Waals surface area contributed by atoms with Gasteiger partial charge >= 0.3 is 0 Å². The van der Waals surface area contributed by atoms with Crippen LogP contribution in [-0.2, 0) is 10.0 Å². The molecule has 0 aliphatic rings. The smallest absolute Gasteiger partial charge is 0.257 e. The molecule has 2 heterocycles. The highest BCUT2D eigenvalue weighted by Crippen LogP contribution is 2.23. The molecule has 3 rings (SSSR count). The summed E-state index contributed by atoms with van der Waals surface area (Å²) in [7, 11) is -0.767. The summed E-state index contributed by atoms with van der Waals surface area (Å²) in [6, 6.07) is 9.67. The van der Waals surface area contributed by atoms with Crippen LogP contribution in [0.2, 0.25) is 0 Å². The maximum atomic E-state index is 12.5. The van der Waals surface area contributed by atoms with E-state index in [-0.39, 0.29) is 10.6 Å². The van der Waals surface area contributed by atoms with Crippen molar-refractivity contribution in [1.29, 1.82) is 0 Å². The molecule has 0 spiro atoms. The van der Waals surface area contributed by atoms with Crippen LogP contribution in [0.1, 0.15) is 10.4 Å². The molecule has 24 heavy (non-hydrogen) atoms. The molecule has 8 heteroatoms. The highest BCUT2D eigenvalue weighted by Gasteiger charge is 2.22. The van der Waals surface area contributed by atoms with Crippen molar-refractivity contribution >= 4 is 27.3 Å². The van der Waals surface area contributed by atoms with Crippen LogP contribution >= 0.6 is 0 Å². The van der Waals surface area contributed by atoms with Crippen LogP contribution in [0.15, 0.2) is 59.9 Å². The first kappa shape index (κ1) is 16.2. The summed E-state index contributed by atoms with van der Waals surface area (Å²) in [5.74, 6) is -0.396. The van der Waals surface area contributed by atoms with E-state index in [4.69, 9.17) is 0 Å². The number of amides is 1. The number of aromatic nitrogens is 2. The maximum absolute atomic E-state index is 12.5. The molecule has 0 unspecified atom stereocenters. The second-order valence-electron chi connectivity index (χ2n) is 5.35. The van der Waals surface area contributed by atoms with E-state index in [9.17, 15) is 13.2 Å². The first-order chi connectivity index (χ1) is 11.4. The fraction of sp³-hybridized carbons (Fsp3) is 0.125. The molecule has 1 N–H and O–H groups in total. The molecule has 0 fully saturated rings. The summed E-state index contributed by atoms with van der Waals surface area (Å²) in [4.78, 5) is 16.6. The first-order valence-corrected chi connectivity index (χ1v) is 8.59. The minimum absolute atomic E-state index is 0.0482. The van der Waals surface area contributed by atoms with Gasteiger partial charge in [0.05, 0.1) is 11.3 Å². The Morgan fingerprint density at radius 2 is 1.92 bits per heavy atom. The van der Waals surface area contributed by atoms with Crippen LogP contribution in [0.25, 0.3) is 5.65 Å². The Morgan fingerprint density at radius 1 is 1.17 bits per heavy atom. The monoisotopic (exact) mass is 344 g/mol. The fourth-order valence-electron chi connectivity index (χ4n) is 2.24. The van der Waals surface area contributed by atoms with Crippen LogP contribution in [0, 0.1) is 0 Å². The van der Waals surface area contributed by atoms with Crippen molar-refractivity contribution in [1.82, 2.24) is 13.7 Å². The lowest BCUT2D eigenvalue weighted by molar-refractivity contribution is 0.102. The van der Waals surface area contributed by atoms with Gasteiger partial charge in [-0.2, -0.15) is 0 Å². The molecular formula is C16H16N4O3S. The number of nitrogens with zero attached hydrogens (tertiary/aromatic N) is 3. The van der Waals surface area contributed by atoms with Gasteiger partial charge in [-0.1, -0.05) is 12.1 Å². The van der Waals surface area contributed by atoms with Crippen LogP contribution < -0.4 is 5.32 Å². The van der Waals surface area contributed by atoms with Gasteiger partial charge in [0.1, 0.15) is 10.5 Å². The Kier molecular flexibility index (Phi) is 4.08.